The standard InChI is InChI=1S/C33H30ClN3O5/c1-20-28(32(38)40-3)30(29(21(2)35-20)33(39)41-4)27-18-37(25-8-6-5-7-9-25)36-31(27)23-12-16-26(17-13-23)42-19-22-10-14-24(34)15-11-22/h5-18,30,35H,19H2,1-4H3. The minimum absolute atomic E-state index is 0.306. The summed E-state index contributed by atoms with van der Waals surface area (Å²) in [6, 6.07) is 24.6. The average Bonchev–Trinajstić information content (AvgIpc) is 3.46. The number of carbonyl (C=O) groups excluding carboxylic acids is 2. The van der Waals surface area contributed by atoms with Crippen LogP contribution in [-0.4, -0.2) is 35.9 Å². The third kappa shape index (κ3) is 5.80. The molecule has 3 aromatic carbocycles. The number of dihydropyridines is 1. The number of nitrogens with one attached hydrogen (secondary N) is 1. The number of rotatable bonds is 8. The predicted molar refractivity (Wildman–Crippen MR) is 160 cm³/mol. The molecule has 0 saturated carbocycles. The molecule has 2 heterocycles. The minimum atomic E-state index is -0.792. The molecule has 0 bridgehead atoms. The number of nitrogens with zero attached hydrogens (tertiary/aromatic N) is 2. The Kier molecular flexibility index (Phi) is 8.45. The summed E-state index contributed by atoms with van der Waals surface area (Å²) in [5, 5.41) is 8.76. The van der Waals surface area contributed by atoms with E-state index < -0.39 is 17.9 Å². The van der Waals surface area contributed by atoms with E-state index in [0.29, 0.717) is 51.2 Å². The van der Waals surface area contributed by atoms with Gasteiger partial charge in [0, 0.05) is 33.7 Å². The third-order valence-electron chi connectivity index (χ3n) is 7.09. The maximum atomic E-state index is 13.2. The highest BCUT2D eigenvalue weighted by Crippen LogP contribution is 2.43. The summed E-state index contributed by atoms with van der Waals surface area (Å²) in [5.41, 5.74) is 5.62. The van der Waals surface area contributed by atoms with Gasteiger partial charge >= 0.3 is 11.9 Å². The van der Waals surface area contributed by atoms with E-state index in [1.165, 1.54) is 14.2 Å². The maximum Gasteiger partial charge on any atom is 0.336 e. The molecular weight excluding hydrogens is 554 g/mol. The zero-order valence-electron chi connectivity index (χ0n) is 23.7. The van der Waals surface area contributed by atoms with Gasteiger partial charge in [-0.3, -0.25) is 0 Å². The average molecular weight is 584 g/mol. The molecule has 1 aliphatic heterocycles. The minimum Gasteiger partial charge on any atom is -0.489 e. The number of aromatic nitrogens is 2. The fourth-order valence-corrected chi connectivity index (χ4v) is 5.18. The Morgan fingerprint density at radius 1 is 0.857 bits per heavy atom. The first-order valence-corrected chi connectivity index (χ1v) is 13.7. The normalized spacial score (nSPS) is 13.5. The zero-order chi connectivity index (χ0) is 29.8. The Labute approximate surface area is 249 Å². The lowest BCUT2D eigenvalue weighted by Crippen LogP contribution is -2.32. The topological polar surface area (TPSA) is 91.7 Å². The molecule has 5 rings (SSSR count). The molecular formula is C33H30ClN3O5. The van der Waals surface area contributed by atoms with Gasteiger partial charge < -0.3 is 19.5 Å². The maximum absolute atomic E-state index is 13.2. The van der Waals surface area contributed by atoms with Gasteiger partial charge in [-0.25, -0.2) is 14.3 Å². The Balaban J connectivity index is 1.61. The van der Waals surface area contributed by atoms with Crippen LogP contribution in [-0.2, 0) is 25.7 Å². The van der Waals surface area contributed by atoms with Gasteiger partial charge in [-0.05, 0) is 67.9 Å². The van der Waals surface area contributed by atoms with Gasteiger partial charge in [0.15, 0.2) is 0 Å². The van der Waals surface area contributed by atoms with Crippen LogP contribution in [0.1, 0.15) is 30.9 Å². The number of carbonyl (C=O) groups is 2. The van der Waals surface area contributed by atoms with Gasteiger partial charge in [0.05, 0.1) is 42.7 Å². The first-order chi connectivity index (χ1) is 20.3. The fourth-order valence-electron chi connectivity index (χ4n) is 5.06. The lowest BCUT2D eigenvalue weighted by atomic mass is 9.79. The van der Waals surface area contributed by atoms with Crippen molar-refractivity contribution in [2.45, 2.75) is 26.4 Å². The lowest BCUT2D eigenvalue weighted by molar-refractivity contribution is -0.137. The van der Waals surface area contributed by atoms with E-state index in [-0.39, 0.29) is 0 Å². The molecule has 0 spiro atoms. The summed E-state index contributed by atoms with van der Waals surface area (Å²) in [7, 11) is 2.64. The van der Waals surface area contributed by atoms with E-state index in [0.717, 1.165) is 16.8 Å². The predicted octanol–water partition coefficient (Wildman–Crippen LogP) is 6.35. The Hall–Kier alpha value is -4.82. The number of ether oxygens (including phenoxy) is 3. The molecule has 9 heteroatoms. The van der Waals surface area contributed by atoms with Crippen molar-refractivity contribution >= 4 is 23.5 Å². The molecule has 0 saturated heterocycles. The van der Waals surface area contributed by atoms with Crippen molar-refractivity contribution in [2.24, 2.45) is 0 Å². The van der Waals surface area contributed by atoms with E-state index in [4.69, 9.17) is 30.9 Å². The van der Waals surface area contributed by atoms with E-state index in [1.807, 2.05) is 85.1 Å². The molecule has 1 aliphatic rings. The number of hydrogen-bond acceptors (Lipinski definition) is 7. The zero-order valence-corrected chi connectivity index (χ0v) is 24.4. The van der Waals surface area contributed by atoms with Crippen LogP contribution >= 0.6 is 11.6 Å². The van der Waals surface area contributed by atoms with E-state index in [1.54, 1.807) is 18.5 Å². The van der Waals surface area contributed by atoms with Crippen LogP contribution in [0.4, 0.5) is 0 Å². The highest BCUT2D eigenvalue weighted by Gasteiger charge is 2.40. The van der Waals surface area contributed by atoms with E-state index in [2.05, 4.69) is 5.32 Å². The Morgan fingerprint density at radius 3 is 2.02 bits per heavy atom. The van der Waals surface area contributed by atoms with Gasteiger partial charge in [-0.1, -0.05) is 41.9 Å². The molecule has 0 radical (unpaired) electrons. The van der Waals surface area contributed by atoms with Crippen molar-refractivity contribution in [3.05, 3.63) is 124 Å². The second-order valence-corrected chi connectivity index (χ2v) is 10.2. The molecule has 0 fully saturated rings. The number of hydrogen-bond donors (Lipinski definition) is 1. The summed E-state index contributed by atoms with van der Waals surface area (Å²) in [6.07, 6.45) is 1.85. The van der Waals surface area contributed by atoms with Crippen LogP contribution in [0.2, 0.25) is 5.02 Å². The van der Waals surface area contributed by atoms with Gasteiger partial charge in [0.25, 0.3) is 0 Å². The molecule has 1 aromatic heterocycles. The first-order valence-electron chi connectivity index (χ1n) is 13.3. The van der Waals surface area contributed by atoms with Crippen LogP contribution in [0, 0.1) is 0 Å². The number of halogens is 1. The van der Waals surface area contributed by atoms with Crippen LogP contribution in [0.5, 0.6) is 5.75 Å². The van der Waals surface area contributed by atoms with Crippen molar-refractivity contribution in [3.8, 4) is 22.7 Å². The number of methoxy groups -OCH3 is 2. The van der Waals surface area contributed by atoms with Crippen molar-refractivity contribution in [2.75, 3.05) is 14.2 Å². The quantitative estimate of drug-likeness (QED) is 0.242. The number of benzene rings is 3. The highest BCUT2D eigenvalue weighted by molar-refractivity contribution is 6.30. The first kappa shape index (κ1) is 28.7. The largest absolute Gasteiger partial charge is 0.489 e. The second-order valence-electron chi connectivity index (χ2n) is 9.77. The molecule has 0 unspecified atom stereocenters. The van der Waals surface area contributed by atoms with Gasteiger partial charge in [-0.15, -0.1) is 0 Å². The monoisotopic (exact) mass is 583 g/mol. The Bertz CT molecular complexity index is 1640. The molecule has 42 heavy (non-hydrogen) atoms. The van der Waals surface area contributed by atoms with Crippen molar-refractivity contribution < 1.29 is 23.8 Å². The fraction of sp³-hybridized carbons (Fsp3) is 0.182. The molecule has 8 nitrogen and oxygen atoms in total. The van der Waals surface area contributed by atoms with Gasteiger partial charge in [0.1, 0.15) is 12.4 Å². The molecule has 4 aromatic rings. The molecule has 1 N–H and O–H groups in total. The lowest BCUT2D eigenvalue weighted by Gasteiger charge is -2.29. The summed E-state index contributed by atoms with van der Waals surface area (Å²) in [5.74, 6) is -1.22. The third-order valence-corrected chi connectivity index (χ3v) is 7.34. The number of allylic oxidation sites excluding steroid dienone is 2. The van der Waals surface area contributed by atoms with Crippen LogP contribution < -0.4 is 10.1 Å². The summed E-state index contributed by atoms with van der Waals surface area (Å²) < 4.78 is 18.1. The Morgan fingerprint density at radius 2 is 1.45 bits per heavy atom. The van der Waals surface area contributed by atoms with Crippen LogP contribution in [0.15, 0.2) is 108 Å². The molecule has 214 valence electrons. The summed E-state index contributed by atoms with van der Waals surface area (Å²) in [6.45, 7) is 3.95. The molecule has 0 amide bonds. The van der Waals surface area contributed by atoms with Crippen molar-refractivity contribution in [1.29, 1.82) is 0 Å². The van der Waals surface area contributed by atoms with Crippen molar-refractivity contribution in [3.63, 3.8) is 0 Å². The molecule has 0 atom stereocenters. The van der Waals surface area contributed by atoms with Crippen molar-refractivity contribution in [1.82, 2.24) is 15.1 Å². The summed E-state index contributed by atoms with van der Waals surface area (Å²) in [4.78, 5) is 26.3. The highest BCUT2D eigenvalue weighted by atomic mass is 35.5. The van der Waals surface area contributed by atoms with Gasteiger partial charge in [0.2, 0.25) is 0 Å². The van der Waals surface area contributed by atoms with Crippen LogP contribution in [0.3, 0.4) is 0 Å². The van der Waals surface area contributed by atoms with E-state index in [9.17, 15) is 9.59 Å². The second kappa shape index (κ2) is 12.4. The van der Waals surface area contributed by atoms with Gasteiger partial charge in [-0.2, -0.15) is 5.10 Å². The van der Waals surface area contributed by atoms with Crippen LogP contribution in [0.25, 0.3) is 16.9 Å². The van der Waals surface area contributed by atoms with E-state index >= 15 is 0 Å². The number of esters is 2. The SMILES string of the molecule is COC(=O)C1=C(C)NC(C)=C(C(=O)OC)C1c1cn(-c2ccccc2)nc1-c1ccc(OCc2ccc(Cl)cc2)cc1. The summed E-state index contributed by atoms with van der Waals surface area (Å²) >= 11 is 5.99. The number of para-hydroxylation sites is 1. The smallest absolute Gasteiger partial charge is 0.336 e. The molecule has 0 aliphatic carbocycles.